The summed E-state index contributed by atoms with van der Waals surface area (Å²) in [4.78, 5) is 0. The molecule has 0 fully saturated rings. The molecule has 0 aromatic heterocycles. The van der Waals surface area contributed by atoms with Gasteiger partial charge in [0.2, 0.25) is 0 Å². The van der Waals surface area contributed by atoms with Crippen molar-refractivity contribution in [3.63, 3.8) is 0 Å². The third-order valence-electron chi connectivity index (χ3n) is 3.22. The zero-order valence-corrected chi connectivity index (χ0v) is 13.7. The molecule has 0 spiro atoms. The third-order valence-corrected chi connectivity index (χ3v) is 4.26. The molecule has 2 aromatic rings. The quantitative estimate of drug-likeness (QED) is 0.471. The second kappa shape index (κ2) is 7.54. The van der Waals surface area contributed by atoms with E-state index in [1.807, 2.05) is 34.8 Å². The van der Waals surface area contributed by atoms with Gasteiger partial charge in [0.1, 0.15) is 5.82 Å². The average Bonchev–Trinajstić information content (AvgIpc) is 2.54. The Morgan fingerprint density at radius 2 is 2.00 bits per heavy atom. The highest BCUT2D eigenvalue weighted by molar-refractivity contribution is 7.99. The van der Waals surface area contributed by atoms with E-state index in [0.29, 0.717) is 28.4 Å². The molecule has 22 heavy (non-hydrogen) atoms. The molecule has 0 atom stereocenters. The fourth-order valence-electron chi connectivity index (χ4n) is 1.97. The van der Waals surface area contributed by atoms with Crippen molar-refractivity contribution in [2.45, 2.75) is 6.54 Å². The van der Waals surface area contributed by atoms with Crippen molar-refractivity contribution in [3.05, 3.63) is 71.0 Å². The van der Waals surface area contributed by atoms with Crippen molar-refractivity contribution >= 4 is 34.9 Å². The fraction of sp³-hybridized carbons (Fsp3) is 0.125. The van der Waals surface area contributed by atoms with Crippen molar-refractivity contribution in [2.24, 2.45) is 5.84 Å². The second-order valence-corrected chi connectivity index (χ2v) is 5.87. The summed E-state index contributed by atoms with van der Waals surface area (Å²) in [6, 6.07) is 12.4. The molecule has 0 bridgehead atoms. The van der Waals surface area contributed by atoms with Gasteiger partial charge in [-0.2, -0.15) is 0 Å². The predicted molar refractivity (Wildman–Crippen MR) is 93.9 cm³/mol. The van der Waals surface area contributed by atoms with E-state index in [0.717, 1.165) is 5.69 Å². The molecule has 0 unspecified atom stereocenters. The molecular weight excluding hydrogens is 321 g/mol. The van der Waals surface area contributed by atoms with Gasteiger partial charge >= 0.3 is 0 Å². The Morgan fingerprint density at radius 1 is 1.32 bits per heavy atom. The van der Waals surface area contributed by atoms with Crippen LogP contribution in [0.25, 0.3) is 5.70 Å². The first-order chi connectivity index (χ1) is 10.5. The first kappa shape index (κ1) is 16.7. The highest BCUT2D eigenvalue weighted by Crippen LogP contribution is 2.26. The van der Waals surface area contributed by atoms with Gasteiger partial charge in [-0.1, -0.05) is 42.3 Å². The minimum atomic E-state index is -0.290. The van der Waals surface area contributed by atoms with Crippen LogP contribution in [0.15, 0.2) is 49.0 Å². The van der Waals surface area contributed by atoms with Gasteiger partial charge in [-0.25, -0.2) is 4.39 Å². The molecule has 0 aliphatic rings. The first-order valence-corrected chi connectivity index (χ1v) is 8.12. The molecule has 2 rings (SSSR count). The molecule has 0 saturated heterocycles. The van der Waals surface area contributed by atoms with Crippen molar-refractivity contribution in [2.75, 3.05) is 10.6 Å². The number of halogens is 2. The number of nitrogens with two attached hydrogens (primary N) is 1. The number of hydrazine groups is 1. The largest absolute Gasteiger partial charge is 0.324 e. The Bertz CT molecular complexity index is 661. The summed E-state index contributed by atoms with van der Waals surface area (Å²) >= 11 is 7.42. The lowest BCUT2D eigenvalue weighted by atomic mass is 10.1. The molecule has 0 saturated carbocycles. The van der Waals surface area contributed by atoms with Crippen molar-refractivity contribution in [1.29, 1.82) is 0 Å². The van der Waals surface area contributed by atoms with Gasteiger partial charge < -0.3 is 9.73 Å². The van der Waals surface area contributed by atoms with Crippen LogP contribution in [0.5, 0.6) is 0 Å². The van der Waals surface area contributed by atoms with Crippen LogP contribution in [0.4, 0.5) is 10.1 Å². The molecule has 0 aliphatic carbocycles. The molecule has 0 heterocycles. The highest BCUT2D eigenvalue weighted by atomic mass is 35.5. The number of nitrogens with zero attached hydrogens (tertiary/aromatic N) is 1. The van der Waals surface area contributed by atoms with Gasteiger partial charge in [0.05, 0.1) is 6.54 Å². The normalized spacial score (nSPS) is 10.4. The number of hydrogen-bond acceptors (Lipinski definition) is 4. The fourth-order valence-corrected chi connectivity index (χ4v) is 2.70. The lowest BCUT2D eigenvalue weighted by molar-refractivity contribution is 0.610. The Morgan fingerprint density at radius 3 is 2.55 bits per heavy atom. The zero-order valence-electron chi connectivity index (χ0n) is 12.1. The van der Waals surface area contributed by atoms with E-state index in [1.165, 1.54) is 18.0 Å². The summed E-state index contributed by atoms with van der Waals surface area (Å²) in [5.41, 5.74) is 5.09. The zero-order chi connectivity index (χ0) is 16.1. The highest BCUT2D eigenvalue weighted by Gasteiger charge is 2.11. The van der Waals surface area contributed by atoms with E-state index in [4.69, 9.17) is 17.4 Å². The SMILES string of the molecule is C=C(NN)c1ccc(CN(SC)c2ccc(Cl)cc2)c(F)c1. The number of rotatable bonds is 6. The monoisotopic (exact) mass is 337 g/mol. The van der Waals surface area contributed by atoms with Crippen molar-refractivity contribution in [3.8, 4) is 0 Å². The molecule has 0 radical (unpaired) electrons. The summed E-state index contributed by atoms with van der Waals surface area (Å²) in [5.74, 6) is 5.00. The van der Waals surface area contributed by atoms with Gasteiger partial charge in [-0.05, 0) is 30.3 Å². The molecule has 2 aromatic carbocycles. The lowest BCUT2D eigenvalue weighted by Gasteiger charge is -2.22. The number of nitrogens with one attached hydrogen (secondary N) is 1. The molecular formula is C16H17ClFN3S. The van der Waals surface area contributed by atoms with Gasteiger partial charge in [0.15, 0.2) is 0 Å². The lowest BCUT2D eigenvalue weighted by Crippen LogP contribution is -2.19. The Hall–Kier alpha value is -1.69. The van der Waals surface area contributed by atoms with Gasteiger partial charge in [0, 0.05) is 33.8 Å². The van der Waals surface area contributed by atoms with Crippen LogP contribution in [0.2, 0.25) is 5.02 Å². The number of anilines is 1. The van der Waals surface area contributed by atoms with Crippen LogP contribution in [0.1, 0.15) is 11.1 Å². The topological polar surface area (TPSA) is 41.3 Å². The third kappa shape index (κ3) is 3.94. The van der Waals surface area contributed by atoms with E-state index < -0.39 is 0 Å². The van der Waals surface area contributed by atoms with E-state index in [9.17, 15) is 4.39 Å². The summed E-state index contributed by atoms with van der Waals surface area (Å²) < 4.78 is 16.2. The van der Waals surface area contributed by atoms with E-state index in [-0.39, 0.29) is 5.82 Å². The number of benzene rings is 2. The average molecular weight is 338 g/mol. The van der Waals surface area contributed by atoms with Gasteiger partial charge in [-0.15, -0.1) is 0 Å². The number of hydrogen-bond donors (Lipinski definition) is 2. The summed E-state index contributed by atoms with van der Waals surface area (Å²) in [6.45, 7) is 4.16. The maximum absolute atomic E-state index is 14.3. The van der Waals surface area contributed by atoms with Crippen LogP contribution in [0, 0.1) is 5.82 Å². The predicted octanol–water partition coefficient (Wildman–Crippen LogP) is 4.20. The molecule has 116 valence electrons. The minimum absolute atomic E-state index is 0.290. The standard InChI is InChI=1S/C16H17ClFN3S/c1-11(20-19)12-3-4-13(16(18)9-12)10-21(22-2)15-7-5-14(17)6-8-15/h3-9,20H,1,10,19H2,2H3. The first-order valence-electron chi connectivity index (χ1n) is 6.56. The van der Waals surface area contributed by atoms with E-state index in [1.54, 1.807) is 12.1 Å². The van der Waals surface area contributed by atoms with Crippen LogP contribution >= 0.6 is 23.5 Å². The maximum Gasteiger partial charge on any atom is 0.128 e. The molecule has 3 nitrogen and oxygen atoms in total. The summed E-state index contributed by atoms with van der Waals surface area (Å²) in [5, 5.41) is 0.674. The van der Waals surface area contributed by atoms with Crippen LogP contribution in [-0.4, -0.2) is 6.26 Å². The molecule has 0 amide bonds. The van der Waals surface area contributed by atoms with Crippen molar-refractivity contribution < 1.29 is 4.39 Å². The summed E-state index contributed by atoms with van der Waals surface area (Å²) in [7, 11) is 0. The molecule has 6 heteroatoms. The van der Waals surface area contributed by atoms with Crippen molar-refractivity contribution in [1.82, 2.24) is 5.43 Å². The maximum atomic E-state index is 14.3. The Labute approximate surface area is 139 Å². The van der Waals surface area contributed by atoms with Gasteiger partial charge in [0.25, 0.3) is 0 Å². The summed E-state index contributed by atoms with van der Waals surface area (Å²) in [6.07, 6.45) is 1.95. The van der Waals surface area contributed by atoms with E-state index in [2.05, 4.69) is 12.0 Å². The van der Waals surface area contributed by atoms with Crippen LogP contribution in [0.3, 0.4) is 0 Å². The second-order valence-electron chi connectivity index (χ2n) is 4.62. The minimum Gasteiger partial charge on any atom is -0.324 e. The Balaban J connectivity index is 2.21. The van der Waals surface area contributed by atoms with Gasteiger partial charge in [-0.3, -0.25) is 5.84 Å². The Kier molecular flexibility index (Phi) is 5.71. The molecule has 3 N–H and O–H groups in total. The smallest absolute Gasteiger partial charge is 0.128 e. The van der Waals surface area contributed by atoms with Crippen LogP contribution < -0.4 is 15.6 Å². The van der Waals surface area contributed by atoms with E-state index >= 15 is 0 Å². The van der Waals surface area contributed by atoms with Crippen LogP contribution in [-0.2, 0) is 6.54 Å². The molecule has 0 aliphatic heterocycles.